The van der Waals surface area contributed by atoms with Gasteiger partial charge in [0.1, 0.15) is 17.7 Å². The van der Waals surface area contributed by atoms with Crippen molar-refractivity contribution >= 4 is 15.9 Å². The zero-order valence-corrected chi connectivity index (χ0v) is 11.6. The van der Waals surface area contributed by atoms with E-state index in [2.05, 4.69) is 20.9 Å². The summed E-state index contributed by atoms with van der Waals surface area (Å²) in [6.45, 7) is 2.24. The van der Waals surface area contributed by atoms with Crippen LogP contribution in [-0.4, -0.2) is 14.7 Å². The van der Waals surface area contributed by atoms with Crippen molar-refractivity contribution in [3.8, 4) is 0 Å². The van der Waals surface area contributed by atoms with Gasteiger partial charge in [-0.1, -0.05) is 22.9 Å². The number of hydrogen-bond donors (Lipinski definition) is 1. The molecule has 1 heterocycles. The molecule has 0 amide bonds. The van der Waals surface area contributed by atoms with Crippen molar-refractivity contribution in [1.29, 1.82) is 0 Å². The Morgan fingerprint density at radius 3 is 3.00 bits per heavy atom. The first-order valence-corrected chi connectivity index (χ1v) is 6.54. The Labute approximate surface area is 113 Å². The molecule has 0 aliphatic rings. The van der Waals surface area contributed by atoms with E-state index in [1.165, 1.54) is 6.07 Å². The Hall–Kier alpha value is -1.20. The maximum Gasteiger partial charge on any atom is 0.137 e. The van der Waals surface area contributed by atoms with Gasteiger partial charge in [-0.15, -0.1) is 0 Å². The predicted molar refractivity (Wildman–Crippen MR) is 70.7 cm³/mol. The quantitative estimate of drug-likeness (QED) is 0.941. The average molecular weight is 313 g/mol. The first-order chi connectivity index (χ1) is 8.61. The third-order valence-corrected chi connectivity index (χ3v) is 3.27. The van der Waals surface area contributed by atoms with Gasteiger partial charge in [0.05, 0.1) is 6.54 Å². The number of imidazole rings is 1. The SMILES string of the molecule is CCC(O)c1nccn1Cc1cc(Br)ccc1F. The lowest BCUT2D eigenvalue weighted by Gasteiger charge is -2.12. The fourth-order valence-electron chi connectivity index (χ4n) is 1.78. The van der Waals surface area contributed by atoms with E-state index in [-0.39, 0.29) is 5.82 Å². The summed E-state index contributed by atoms with van der Waals surface area (Å²) >= 11 is 3.32. The summed E-state index contributed by atoms with van der Waals surface area (Å²) in [5, 5.41) is 9.81. The smallest absolute Gasteiger partial charge is 0.137 e. The Morgan fingerprint density at radius 1 is 1.50 bits per heavy atom. The molecule has 0 aliphatic heterocycles. The largest absolute Gasteiger partial charge is 0.385 e. The van der Waals surface area contributed by atoms with Gasteiger partial charge in [-0.3, -0.25) is 0 Å². The molecule has 0 bridgehead atoms. The van der Waals surface area contributed by atoms with Crippen molar-refractivity contribution in [3.63, 3.8) is 0 Å². The highest BCUT2D eigenvalue weighted by Crippen LogP contribution is 2.19. The normalized spacial score (nSPS) is 12.7. The summed E-state index contributed by atoms with van der Waals surface area (Å²) in [5.74, 6) is 0.306. The second kappa shape index (κ2) is 5.63. The molecule has 0 fully saturated rings. The summed E-state index contributed by atoms with van der Waals surface area (Å²) in [4.78, 5) is 4.11. The van der Waals surface area contributed by atoms with Gasteiger partial charge in [-0.2, -0.15) is 0 Å². The van der Waals surface area contributed by atoms with Crippen molar-refractivity contribution in [1.82, 2.24) is 9.55 Å². The number of halogens is 2. The van der Waals surface area contributed by atoms with E-state index in [4.69, 9.17) is 0 Å². The topological polar surface area (TPSA) is 38.1 Å². The van der Waals surface area contributed by atoms with Crippen molar-refractivity contribution in [2.75, 3.05) is 0 Å². The molecule has 0 saturated heterocycles. The molecule has 2 aromatic rings. The summed E-state index contributed by atoms with van der Waals surface area (Å²) in [5.41, 5.74) is 0.562. The number of benzene rings is 1. The van der Waals surface area contributed by atoms with Crippen molar-refractivity contribution in [2.45, 2.75) is 26.0 Å². The van der Waals surface area contributed by atoms with Crippen LogP contribution in [0.2, 0.25) is 0 Å². The van der Waals surface area contributed by atoms with Crippen LogP contribution in [0.25, 0.3) is 0 Å². The maximum absolute atomic E-state index is 13.7. The molecule has 0 radical (unpaired) electrons. The van der Waals surface area contributed by atoms with Gasteiger partial charge in [0, 0.05) is 22.4 Å². The van der Waals surface area contributed by atoms with Crippen LogP contribution >= 0.6 is 15.9 Å². The monoisotopic (exact) mass is 312 g/mol. The van der Waals surface area contributed by atoms with Crippen LogP contribution in [-0.2, 0) is 6.54 Å². The third kappa shape index (κ3) is 2.79. The molecule has 5 heteroatoms. The van der Waals surface area contributed by atoms with E-state index in [0.717, 1.165) is 4.47 Å². The van der Waals surface area contributed by atoms with Gasteiger partial charge in [0.15, 0.2) is 0 Å². The van der Waals surface area contributed by atoms with Gasteiger partial charge in [-0.05, 0) is 24.6 Å². The van der Waals surface area contributed by atoms with E-state index in [9.17, 15) is 9.50 Å². The first-order valence-electron chi connectivity index (χ1n) is 5.74. The first kappa shape index (κ1) is 13.2. The molecule has 0 aliphatic carbocycles. The van der Waals surface area contributed by atoms with Crippen LogP contribution in [0.5, 0.6) is 0 Å². The molecule has 1 aromatic carbocycles. The highest BCUT2D eigenvalue weighted by Gasteiger charge is 2.13. The fourth-order valence-corrected chi connectivity index (χ4v) is 2.19. The summed E-state index contributed by atoms with van der Waals surface area (Å²) in [6.07, 6.45) is 3.33. The van der Waals surface area contributed by atoms with E-state index in [0.29, 0.717) is 24.4 Å². The molecule has 18 heavy (non-hydrogen) atoms. The van der Waals surface area contributed by atoms with Crippen molar-refractivity contribution < 1.29 is 9.50 Å². The molecule has 2 rings (SSSR count). The molecule has 1 N–H and O–H groups in total. The molecule has 96 valence electrons. The minimum absolute atomic E-state index is 0.260. The van der Waals surface area contributed by atoms with Crippen molar-refractivity contribution in [2.24, 2.45) is 0 Å². The number of aliphatic hydroxyl groups is 1. The summed E-state index contributed by atoms with van der Waals surface area (Å²) in [6, 6.07) is 4.82. The molecule has 0 spiro atoms. The van der Waals surface area contributed by atoms with Gasteiger partial charge in [-0.25, -0.2) is 9.37 Å². The van der Waals surface area contributed by atoms with Crippen LogP contribution in [0, 0.1) is 5.82 Å². The lowest BCUT2D eigenvalue weighted by Crippen LogP contribution is -2.09. The van der Waals surface area contributed by atoms with Crippen LogP contribution in [0.15, 0.2) is 35.1 Å². The predicted octanol–water partition coefficient (Wildman–Crippen LogP) is 3.28. The molecule has 0 saturated carbocycles. The molecular formula is C13H14BrFN2O. The molecule has 1 atom stereocenters. The van der Waals surface area contributed by atoms with E-state index >= 15 is 0 Å². The van der Waals surface area contributed by atoms with Gasteiger partial charge >= 0.3 is 0 Å². The van der Waals surface area contributed by atoms with Crippen LogP contribution in [0.3, 0.4) is 0 Å². The number of aromatic nitrogens is 2. The number of aliphatic hydroxyl groups excluding tert-OH is 1. The zero-order valence-electron chi connectivity index (χ0n) is 9.98. The Bertz CT molecular complexity index is 542. The van der Waals surface area contributed by atoms with Crippen molar-refractivity contribution in [3.05, 3.63) is 52.3 Å². The number of rotatable bonds is 4. The Balaban J connectivity index is 2.29. The van der Waals surface area contributed by atoms with Gasteiger partial charge < -0.3 is 9.67 Å². The standard InChI is InChI=1S/C13H14BrFN2O/c1-2-12(18)13-16-5-6-17(13)8-9-7-10(14)3-4-11(9)15/h3-7,12,18H,2,8H2,1H3. The average Bonchev–Trinajstić information content (AvgIpc) is 2.81. The molecular weight excluding hydrogens is 299 g/mol. The molecule has 1 aromatic heterocycles. The lowest BCUT2D eigenvalue weighted by molar-refractivity contribution is 0.159. The molecule has 1 unspecified atom stereocenters. The summed E-state index contributed by atoms with van der Waals surface area (Å²) < 4.78 is 16.3. The van der Waals surface area contributed by atoms with Crippen LogP contribution in [0.1, 0.15) is 30.8 Å². The Morgan fingerprint density at radius 2 is 2.28 bits per heavy atom. The van der Waals surface area contributed by atoms with E-state index in [1.54, 1.807) is 29.1 Å². The zero-order chi connectivity index (χ0) is 13.1. The minimum atomic E-state index is -0.616. The van der Waals surface area contributed by atoms with Crippen LogP contribution in [0.4, 0.5) is 4.39 Å². The Kier molecular flexibility index (Phi) is 4.14. The molecule has 3 nitrogen and oxygen atoms in total. The van der Waals surface area contributed by atoms with E-state index in [1.807, 2.05) is 6.92 Å². The van der Waals surface area contributed by atoms with E-state index < -0.39 is 6.10 Å². The lowest BCUT2D eigenvalue weighted by atomic mass is 10.2. The third-order valence-electron chi connectivity index (χ3n) is 2.78. The van der Waals surface area contributed by atoms with Gasteiger partial charge in [0.2, 0.25) is 0 Å². The maximum atomic E-state index is 13.7. The fraction of sp³-hybridized carbons (Fsp3) is 0.308. The number of hydrogen-bond acceptors (Lipinski definition) is 2. The highest BCUT2D eigenvalue weighted by molar-refractivity contribution is 9.10. The number of nitrogens with zero attached hydrogens (tertiary/aromatic N) is 2. The van der Waals surface area contributed by atoms with Gasteiger partial charge in [0.25, 0.3) is 0 Å². The van der Waals surface area contributed by atoms with Crippen LogP contribution < -0.4 is 0 Å². The second-order valence-corrected chi connectivity index (χ2v) is 4.99. The minimum Gasteiger partial charge on any atom is -0.385 e. The highest BCUT2D eigenvalue weighted by atomic mass is 79.9. The second-order valence-electron chi connectivity index (χ2n) is 4.07. The summed E-state index contributed by atoms with van der Waals surface area (Å²) in [7, 11) is 0.